The molecular formula is C18H20N4O2. The molecule has 0 bridgehead atoms. The van der Waals surface area contributed by atoms with E-state index in [9.17, 15) is 4.79 Å². The van der Waals surface area contributed by atoms with E-state index in [0.29, 0.717) is 12.2 Å². The number of para-hydroxylation sites is 1. The lowest BCUT2D eigenvalue weighted by Gasteiger charge is -2.31. The number of fused-ring (bicyclic) bond motifs is 1. The number of rotatable bonds is 3. The molecule has 2 aromatic heterocycles. The maximum atomic E-state index is 12.8. The number of carbonyl (C=O) groups excluding carboxylic acids is 1. The molecule has 0 spiro atoms. The molecule has 6 heteroatoms. The zero-order valence-electron chi connectivity index (χ0n) is 13.5. The van der Waals surface area contributed by atoms with Crippen molar-refractivity contribution in [1.82, 2.24) is 20.1 Å². The molecule has 1 amide bonds. The number of benzene rings is 1. The van der Waals surface area contributed by atoms with E-state index < -0.39 is 0 Å². The second-order valence-electron chi connectivity index (χ2n) is 6.21. The highest BCUT2D eigenvalue weighted by Crippen LogP contribution is 2.28. The molecule has 1 fully saturated rings. The summed E-state index contributed by atoms with van der Waals surface area (Å²) >= 11 is 0. The first-order chi connectivity index (χ1) is 11.7. The van der Waals surface area contributed by atoms with Crippen LogP contribution in [0.2, 0.25) is 0 Å². The van der Waals surface area contributed by atoms with Crippen molar-refractivity contribution in [3.8, 4) is 0 Å². The third-order valence-corrected chi connectivity index (χ3v) is 4.52. The summed E-state index contributed by atoms with van der Waals surface area (Å²) in [4.78, 5) is 15.9. The van der Waals surface area contributed by atoms with Crippen LogP contribution in [-0.4, -0.2) is 33.3 Å². The second kappa shape index (κ2) is 6.13. The molecule has 3 aromatic rings. The van der Waals surface area contributed by atoms with Gasteiger partial charge in [0.05, 0.1) is 23.3 Å². The van der Waals surface area contributed by atoms with Crippen molar-refractivity contribution >= 4 is 16.8 Å². The van der Waals surface area contributed by atoms with Crippen LogP contribution in [0.15, 0.2) is 42.9 Å². The highest BCUT2D eigenvalue weighted by molar-refractivity contribution is 6.05. The average molecular weight is 324 g/mol. The fourth-order valence-electron chi connectivity index (χ4n) is 3.36. The van der Waals surface area contributed by atoms with Gasteiger partial charge in [-0.05, 0) is 25.0 Å². The number of amides is 1. The Balaban J connectivity index is 1.58. The van der Waals surface area contributed by atoms with E-state index in [4.69, 9.17) is 4.74 Å². The first-order valence-corrected chi connectivity index (χ1v) is 8.19. The van der Waals surface area contributed by atoms with Crippen LogP contribution in [0.4, 0.5) is 0 Å². The smallest absolute Gasteiger partial charge is 0.253 e. The van der Waals surface area contributed by atoms with Gasteiger partial charge in [-0.2, -0.15) is 5.10 Å². The molecule has 1 aliphatic rings. The molecule has 6 nitrogen and oxygen atoms in total. The van der Waals surface area contributed by atoms with Crippen LogP contribution in [0, 0.1) is 0 Å². The number of aromatic amines is 1. The number of aromatic nitrogens is 3. The number of aryl methyl sites for hydroxylation is 1. The van der Waals surface area contributed by atoms with E-state index >= 15 is 0 Å². The minimum absolute atomic E-state index is 0.0549. The first kappa shape index (κ1) is 15.0. The van der Waals surface area contributed by atoms with Gasteiger partial charge in [0, 0.05) is 37.0 Å². The van der Waals surface area contributed by atoms with Gasteiger partial charge in [0.15, 0.2) is 0 Å². The van der Waals surface area contributed by atoms with Crippen LogP contribution in [0.5, 0.6) is 0 Å². The van der Waals surface area contributed by atoms with Gasteiger partial charge in [-0.3, -0.25) is 9.48 Å². The number of nitrogens with one attached hydrogen (secondary N) is 2. The van der Waals surface area contributed by atoms with Gasteiger partial charge >= 0.3 is 0 Å². The lowest BCUT2D eigenvalue weighted by molar-refractivity contribution is -0.00948. The predicted molar refractivity (Wildman–Crippen MR) is 90.7 cm³/mol. The summed E-state index contributed by atoms with van der Waals surface area (Å²) in [7, 11) is 1.88. The Kier molecular flexibility index (Phi) is 3.82. The number of H-pyrrole nitrogens is 1. The Bertz CT molecular complexity index is 867. The molecule has 0 unspecified atom stereocenters. The molecule has 24 heavy (non-hydrogen) atoms. The number of ether oxygens (including phenoxy) is 1. The summed E-state index contributed by atoms with van der Waals surface area (Å²) in [6.45, 7) is 0.706. The zero-order valence-corrected chi connectivity index (χ0v) is 13.5. The number of carbonyl (C=O) groups is 1. The third kappa shape index (κ3) is 2.69. The van der Waals surface area contributed by atoms with Gasteiger partial charge in [-0.1, -0.05) is 12.1 Å². The van der Waals surface area contributed by atoms with Crippen molar-refractivity contribution in [2.24, 2.45) is 7.05 Å². The molecular weight excluding hydrogens is 304 g/mol. The van der Waals surface area contributed by atoms with Gasteiger partial charge in [-0.15, -0.1) is 0 Å². The van der Waals surface area contributed by atoms with E-state index in [1.165, 1.54) is 0 Å². The Morgan fingerprint density at radius 1 is 1.42 bits per heavy atom. The summed E-state index contributed by atoms with van der Waals surface area (Å²) in [6, 6.07) is 7.65. The third-order valence-electron chi connectivity index (χ3n) is 4.52. The van der Waals surface area contributed by atoms with Crippen molar-refractivity contribution < 1.29 is 9.53 Å². The van der Waals surface area contributed by atoms with Crippen molar-refractivity contribution in [3.05, 3.63) is 54.0 Å². The highest BCUT2D eigenvalue weighted by atomic mass is 16.5. The van der Waals surface area contributed by atoms with Crippen molar-refractivity contribution in [3.63, 3.8) is 0 Å². The van der Waals surface area contributed by atoms with E-state index in [2.05, 4.69) is 15.4 Å². The lowest BCUT2D eigenvalue weighted by Crippen LogP contribution is -2.42. The van der Waals surface area contributed by atoms with Crippen molar-refractivity contribution in [1.29, 1.82) is 0 Å². The van der Waals surface area contributed by atoms with Crippen LogP contribution < -0.4 is 5.32 Å². The molecule has 1 saturated heterocycles. The molecule has 1 aliphatic heterocycles. The summed E-state index contributed by atoms with van der Waals surface area (Å²) in [6.07, 6.45) is 7.28. The van der Waals surface area contributed by atoms with Crippen LogP contribution in [0.1, 0.15) is 34.9 Å². The fraction of sp³-hybridized carbons (Fsp3) is 0.333. The largest absolute Gasteiger partial charge is 0.371 e. The molecule has 3 heterocycles. The molecule has 0 saturated carbocycles. The SMILES string of the molecule is Cn1cc([C@H]2OCCC[C@@H]2NC(=O)c2cccc3cc[nH]c23)cn1. The van der Waals surface area contributed by atoms with E-state index in [-0.39, 0.29) is 18.1 Å². The monoisotopic (exact) mass is 324 g/mol. The molecule has 2 atom stereocenters. The average Bonchev–Trinajstić information content (AvgIpc) is 3.23. The Hall–Kier alpha value is -2.60. The summed E-state index contributed by atoms with van der Waals surface area (Å²) in [5.74, 6) is -0.0764. The van der Waals surface area contributed by atoms with Gasteiger partial charge in [-0.25, -0.2) is 0 Å². The first-order valence-electron chi connectivity index (χ1n) is 8.19. The standard InChI is InChI=1S/C18H20N4O2/c1-22-11-13(10-20-22)17-15(6-3-9-24-17)21-18(23)14-5-2-4-12-7-8-19-16(12)14/h2,4-5,7-8,10-11,15,17,19H,3,6,9H2,1H3,(H,21,23)/t15-,17+/m0/s1. The minimum atomic E-state index is -0.153. The van der Waals surface area contributed by atoms with Gasteiger partial charge in [0.2, 0.25) is 0 Å². The maximum Gasteiger partial charge on any atom is 0.253 e. The van der Waals surface area contributed by atoms with Crippen molar-refractivity contribution in [2.75, 3.05) is 6.61 Å². The highest BCUT2D eigenvalue weighted by Gasteiger charge is 2.30. The van der Waals surface area contributed by atoms with E-state index in [1.54, 1.807) is 10.9 Å². The predicted octanol–water partition coefficient (Wildman–Crippen LogP) is 2.55. The molecule has 124 valence electrons. The van der Waals surface area contributed by atoms with Gasteiger partial charge in [0.1, 0.15) is 6.10 Å². The van der Waals surface area contributed by atoms with Gasteiger partial charge < -0.3 is 15.0 Å². The van der Waals surface area contributed by atoms with Crippen molar-refractivity contribution in [2.45, 2.75) is 25.0 Å². The number of hydrogen-bond donors (Lipinski definition) is 2. The molecule has 2 N–H and O–H groups in total. The lowest BCUT2D eigenvalue weighted by atomic mass is 9.97. The van der Waals surface area contributed by atoms with Crippen LogP contribution in [0.25, 0.3) is 10.9 Å². The Morgan fingerprint density at radius 3 is 3.17 bits per heavy atom. The maximum absolute atomic E-state index is 12.8. The summed E-state index contributed by atoms with van der Waals surface area (Å²) < 4.78 is 7.68. The molecule has 1 aromatic carbocycles. The number of hydrogen-bond acceptors (Lipinski definition) is 3. The second-order valence-corrected chi connectivity index (χ2v) is 6.21. The Morgan fingerprint density at radius 2 is 2.33 bits per heavy atom. The topological polar surface area (TPSA) is 71.9 Å². The normalized spacial score (nSPS) is 21.0. The molecule has 0 aliphatic carbocycles. The van der Waals surface area contributed by atoms with Crippen LogP contribution in [-0.2, 0) is 11.8 Å². The van der Waals surface area contributed by atoms with Gasteiger partial charge in [0.25, 0.3) is 5.91 Å². The minimum Gasteiger partial charge on any atom is -0.371 e. The summed E-state index contributed by atoms with van der Waals surface area (Å²) in [5.41, 5.74) is 2.53. The number of nitrogens with zero attached hydrogens (tertiary/aromatic N) is 2. The quantitative estimate of drug-likeness (QED) is 0.778. The zero-order chi connectivity index (χ0) is 16.5. The van der Waals surface area contributed by atoms with Crippen LogP contribution in [0.3, 0.4) is 0 Å². The van der Waals surface area contributed by atoms with E-state index in [0.717, 1.165) is 29.3 Å². The van der Waals surface area contributed by atoms with Crippen LogP contribution >= 0.6 is 0 Å². The molecule has 4 rings (SSSR count). The summed E-state index contributed by atoms with van der Waals surface area (Å²) in [5, 5.41) is 8.40. The van der Waals surface area contributed by atoms with E-state index in [1.807, 2.05) is 43.7 Å². The Labute approximate surface area is 139 Å². The fourth-order valence-corrected chi connectivity index (χ4v) is 3.36. The molecule has 0 radical (unpaired) electrons.